The molecule has 1 N–H and O–H groups in total. The van der Waals surface area contributed by atoms with E-state index in [1.807, 2.05) is 30.3 Å². The average molecular weight is 304 g/mol. The van der Waals surface area contributed by atoms with Gasteiger partial charge in [0.05, 0.1) is 6.61 Å². The van der Waals surface area contributed by atoms with Crippen LogP contribution in [0.2, 0.25) is 5.02 Å². The number of nitrogens with one attached hydrogen (secondary N) is 1. The van der Waals surface area contributed by atoms with Crippen LogP contribution in [0.1, 0.15) is 5.56 Å². The van der Waals surface area contributed by atoms with Crippen LogP contribution in [0.25, 0.3) is 0 Å². The quantitative estimate of drug-likeness (QED) is 0.697. The number of ether oxygens (including phenoxy) is 1. The fourth-order valence-electron chi connectivity index (χ4n) is 1.72. The Morgan fingerprint density at radius 3 is 2.52 bits per heavy atom. The van der Waals surface area contributed by atoms with E-state index in [1.54, 1.807) is 24.3 Å². The van der Waals surface area contributed by atoms with E-state index in [-0.39, 0.29) is 6.61 Å². The second-order valence-corrected chi connectivity index (χ2v) is 4.77. The van der Waals surface area contributed by atoms with Gasteiger partial charge in [0.25, 0.3) is 0 Å². The van der Waals surface area contributed by atoms with Gasteiger partial charge in [-0.15, -0.1) is 0 Å². The number of rotatable bonds is 4. The van der Waals surface area contributed by atoms with Crippen LogP contribution >= 0.6 is 11.6 Å². The maximum Gasteiger partial charge on any atom is 0.397 e. The van der Waals surface area contributed by atoms with Gasteiger partial charge in [0.15, 0.2) is 0 Å². The van der Waals surface area contributed by atoms with Crippen molar-refractivity contribution in [3.05, 3.63) is 65.2 Å². The molecule has 0 radical (unpaired) electrons. The summed E-state index contributed by atoms with van der Waals surface area (Å²) in [5, 5.41) is 2.91. The second kappa shape index (κ2) is 7.45. The van der Waals surface area contributed by atoms with Crippen molar-refractivity contribution >= 4 is 29.2 Å². The van der Waals surface area contributed by atoms with E-state index < -0.39 is 11.9 Å². The smallest absolute Gasteiger partial charge is 0.397 e. The van der Waals surface area contributed by atoms with Gasteiger partial charge in [-0.2, -0.15) is 0 Å². The summed E-state index contributed by atoms with van der Waals surface area (Å²) in [7, 11) is 0. The highest BCUT2D eigenvalue weighted by atomic mass is 35.5. The molecule has 0 bridgehead atoms. The van der Waals surface area contributed by atoms with Gasteiger partial charge >= 0.3 is 11.9 Å². The van der Waals surface area contributed by atoms with Gasteiger partial charge in [-0.05, 0) is 23.8 Å². The van der Waals surface area contributed by atoms with Crippen LogP contribution in [-0.2, 0) is 20.7 Å². The Balaban J connectivity index is 1.79. The molecule has 0 atom stereocenters. The molecule has 0 fully saturated rings. The molecule has 21 heavy (non-hydrogen) atoms. The molecule has 2 aromatic rings. The second-order valence-electron chi connectivity index (χ2n) is 4.34. The zero-order chi connectivity index (χ0) is 15.1. The molecule has 0 unspecified atom stereocenters. The number of esters is 1. The van der Waals surface area contributed by atoms with Gasteiger partial charge in [0, 0.05) is 17.1 Å². The first-order chi connectivity index (χ1) is 10.1. The van der Waals surface area contributed by atoms with Gasteiger partial charge in [0.2, 0.25) is 0 Å². The molecule has 4 nitrogen and oxygen atoms in total. The van der Waals surface area contributed by atoms with Gasteiger partial charge < -0.3 is 10.1 Å². The molecule has 0 spiro atoms. The van der Waals surface area contributed by atoms with Crippen LogP contribution < -0.4 is 5.32 Å². The zero-order valence-corrected chi connectivity index (χ0v) is 12.0. The first kappa shape index (κ1) is 15.1. The molecule has 5 heteroatoms. The van der Waals surface area contributed by atoms with Crippen LogP contribution in [0.15, 0.2) is 54.6 Å². The number of amides is 1. The van der Waals surface area contributed by atoms with Gasteiger partial charge in [-0.3, -0.25) is 4.79 Å². The van der Waals surface area contributed by atoms with Crippen molar-refractivity contribution in [2.45, 2.75) is 6.42 Å². The Morgan fingerprint density at radius 2 is 1.81 bits per heavy atom. The molecule has 0 heterocycles. The monoisotopic (exact) mass is 303 g/mol. The van der Waals surface area contributed by atoms with E-state index in [9.17, 15) is 9.59 Å². The highest BCUT2D eigenvalue weighted by Gasteiger charge is 2.15. The summed E-state index contributed by atoms with van der Waals surface area (Å²) < 4.78 is 4.93. The van der Waals surface area contributed by atoms with E-state index in [4.69, 9.17) is 16.3 Å². The molecule has 0 aliphatic rings. The molecule has 0 aliphatic heterocycles. The summed E-state index contributed by atoms with van der Waals surface area (Å²) in [4.78, 5) is 23.2. The number of anilines is 1. The molecule has 0 aromatic heterocycles. The highest BCUT2D eigenvalue weighted by Crippen LogP contribution is 2.14. The van der Waals surface area contributed by atoms with Crippen LogP contribution in [0.4, 0.5) is 5.69 Å². The summed E-state index contributed by atoms with van der Waals surface area (Å²) in [6.07, 6.45) is 0.566. The summed E-state index contributed by atoms with van der Waals surface area (Å²) in [5.41, 5.74) is 1.49. The number of benzene rings is 2. The van der Waals surface area contributed by atoms with Crippen LogP contribution in [0.3, 0.4) is 0 Å². The van der Waals surface area contributed by atoms with E-state index >= 15 is 0 Å². The predicted octanol–water partition coefficient (Wildman–Crippen LogP) is 3.06. The molecule has 0 saturated heterocycles. The molecule has 108 valence electrons. The van der Waals surface area contributed by atoms with Crippen LogP contribution in [0, 0.1) is 0 Å². The number of carbonyl (C=O) groups excluding carboxylic acids is 2. The van der Waals surface area contributed by atoms with Crippen molar-refractivity contribution in [1.29, 1.82) is 0 Å². The predicted molar refractivity (Wildman–Crippen MR) is 81.2 cm³/mol. The summed E-state index contributed by atoms with van der Waals surface area (Å²) in [6.45, 7) is 0.159. The molecule has 0 aliphatic carbocycles. The van der Waals surface area contributed by atoms with Crippen molar-refractivity contribution in [1.82, 2.24) is 0 Å². The topological polar surface area (TPSA) is 55.4 Å². The largest absolute Gasteiger partial charge is 0.458 e. The number of carbonyl (C=O) groups is 2. The highest BCUT2D eigenvalue weighted by molar-refractivity contribution is 6.37. The molecule has 1 amide bonds. The first-order valence-electron chi connectivity index (χ1n) is 6.43. The van der Waals surface area contributed by atoms with Crippen molar-refractivity contribution in [3.63, 3.8) is 0 Å². The van der Waals surface area contributed by atoms with Crippen molar-refractivity contribution in [3.8, 4) is 0 Å². The minimum absolute atomic E-state index is 0.159. The minimum atomic E-state index is -0.911. The third-order valence-electron chi connectivity index (χ3n) is 2.73. The standard InChI is InChI=1S/C16H14ClNO3/c17-13-7-4-8-14(11-13)18-15(19)16(20)21-10-9-12-5-2-1-3-6-12/h1-8,11H,9-10H2,(H,18,19). The Kier molecular flexibility index (Phi) is 5.35. The molecular weight excluding hydrogens is 290 g/mol. The SMILES string of the molecule is O=C(Nc1cccc(Cl)c1)C(=O)OCCc1ccccc1. The number of hydrogen-bond donors (Lipinski definition) is 1. The van der Waals surface area contributed by atoms with E-state index in [1.165, 1.54) is 0 Å². The lowest BCUT2D eigenvalue weighted by atomic mass is 10.2. The molecule has 2 aromatic carbocycles. The lowest BCUT2D eigenvalue weighted by molar-refractivity contribution is -0.152. The Hall–Kier alpha value is -2.33. The lowest BCUT2D eigenvalue weighted by Gasteiger charge is -2.06. The van der Waals surface area contributed by atoms with E-state index in [0.717, 1.165) is 5.56 Å². The van der Waals surface area contributed by atoms with E-state index in [2.05, 4.69) is 5.32 Å². The number of hydrogen-bond acceptors (Lipinski definition) is 3. The Bertz CT molecular complexity index is 628. The maximum absolute atomic E-state index is 11.6. The van der Waals surface area contributed by atoms with Crippen molar-refractivity contribution < 1.29 is 14.3 Å². The third-order valence-corrected chi connectivity index (χ3v) is 2.97. The molecular formula is C16H14ClNO3. The summed E-state index contributed by atoms with van der Waals surface area (Å²) in [5.74, 6) is -1.73. The summed E-state index contributed by atoms with van der Waals surface area (Å²) >= 11 is 5.79. The van der Waals surface area contributed by atoms with Gasteiger partial charge in [0.1, 0.15) is 0 Å². The lowest BCUT2D eigenvalue weighted by Crippen LogP contribution is -2.25. The number of halogens is 1. The summed E-state index contributed by atoms with van der Waals surface area (Å²) in [6, 6.07) is 16.1. The molecule has 2 rings (SSSR count). The normalized spacial score (nSPS) is 9.95. The van der Waals surface area contributed by atoms with Crippen molar-refractivity contribution in [2.75, 3.05) is 11.9 Å². The van der Waals surface area contributed by atoms with Gasteiger partial charge in [-0.1, -0.05) is 48.0 Å². The maximum atomic E-state index is 11.6. The van der Waals surface area contributed by atoms with Gasteiger partial charge in [-0.25, -0.2) is 4.79 Å². The minimum Gasteiger partial charge on any atom is -0.458 e. The fraction of sp³-hybridized carbons (Fsp3) is 0.125. The van der Waals surface area contributed by atoms with Crippen LogP contribution in [0.5, 0.6) is 0 Å². The average Bonchev–Trinajstić information content (AvgIpc) is 2.48. The molecule has 0 saturated carbocycles. The van der Waals surface area contributed by atoms with Crippen molar-refractivity contribution in [2.24, 2.45) is 0 Å². The zero-order valence-electron chi connectivity index (χ0n) is 11.2. The fourth-order valence-corrected chi connectivity index (χ4v) is 1.91. The van der Waals surface area contributed by atoms with E-state index in [0.29, 0.717) is 17.1 Å². The first-order valence-corrected chi connectivity index (χ1v) is 6.80. The van der Waals surface area contributed by atoms with Crippen LogP contribution in [-0.4, -0.2) is 18.5 Å². The Labute approximate surface area is 127 Å². The Morgan fingerprint density at radius 1 is 1.05 bits per heavy atom. The third kappa shape index (κ3) is 4.93.